The first kappa shape index (κ1) is 28.0. The number of benzene rings is 1. The van der Waals surface area contributed by atoms with Gasteiger partial charge in [-0.1, -0.05) is 30.3 Å². The number of aromatic nitrogens is 1. The Morgan fingerprint density at radius 1 is 1.15 bits per heavy atom. The topological polar surface area (TPSA) is 125 Å². The minimum absolute atomic E-state index is 0.0407. The first-order valence-corrected chi connectivity index (χ1v) is 12.9. The summed E-state index contributed by atoms with van der Waals surface area (Å²) in [5.74, 6) is -1.69. The Morgan fingerprint density at radius 2 is 1.82 bits per heavy atom. The number of allylic oxidation sites excluding steroid dienone is 1. The van der Waals surface area contributed by atoms with Gasteiger partial charge < -0.3 is 30.8 Å². The van der Waals surface area contributed by atoms with E-state index in [9.17, 15) is 14.0 Å². The Hall–Kier alpha value is -4.02. The second-order valence-electron chi connectivity index (χ2n) is 9.92. The first-order chi connectivity index (χ1) is 18.8. The third-order valence-corrected chi connectivity index (χ3v) is 6.97. The summed E-state index contributed by atoms with van der Waals surface area (Å²) in [6.07, 6.45) is 4.72. The van der Waals surface area contributed by atoms with Gasteiger partial charge in [0, 0.05) is 11.8 Å². The van der Waals surface area contributed by atoms with Gasteiger partial charge >= 0.3 is 6.09 Å². The molecule has 2 fully saturated rings. The molecular weight excluding hydrogens is 508 g/mol. The lowest BCUT2D eigenvalue weighted by molar-refractivity contribution is -0.124. The molecular formula is C28H33F2N5O4. The quantitative estimate of drug-likeness (QED) is 0.218. The molecule has 0 saturated heterocycles. The van der Waals surface area contributed by atoms with Gasteiger partial charge in [-0.15, -0.1) is 0 Å². The van der Waals surface area contributed by atoms with Crippen LogP contribution in [0.1, 0.15) is 49.8 Å². The number of rotatable bonds is 13. The van der Waals surface area contributed by atoms with Gasteiger partial charge in [-0.2, -0.15) is 4.39 Å². The van der Waals surface area contributed by atoms with Gasteiger partial charge in [0.15, 0.2) is 0 Å². The molecule has 0 bridgehead atoms. The largest absolute Gasteiger partial charge is 0.481 e. The highest BCUT2D eigenvalue weighted by atomic mass is 19.1. The number of nitrogens with one attached hydrogen (secondary N) is 4. The molecule has 2 amide bonds. The average molecular weight is 542 g/mol. The van der Waals surface area contributed by atoms with Crippen molar-refractivity contribution >= 4 is 18.2 Å². The molecule has 4 rings (SSSR count). The molecule has 1 unspecified atom stereocenters. The van der Waals surface area contributed by atoms with Gasteiger partial charge in [0.05, 0.1) is 19.3 Å². The van der Waals surface area contributed by atoms with E-state index in [1.807, 2.05) is 30.3 Å². The standard InChI is InChI=1S/C28H33F2N5O4/c1-16(21-12-20(29)14-32-27(21)38-2)33-25(30)22(13-31)34-26(36)24(23(18-8-9-18)19-10-11-19)35-28(37)39-15-17-6-4-3-5-7-17/h3-7,12-14,16,18-19,23-24,31,33H,8-11,15H2,1-2H3,(H,34,36)(H,35,37)/b25-22+,31-13?/t16-,24?/m0/s1. The smallest absolute Gasteiger partial charge is 0.408 e. The number of carbonyl (C=O) groups is 2. The van der Waals surface area contributed by atoms with Crippen molar-refractivity contribution in [2.75, 3.05) is 7.11 Å². The number of hydrogen-bond donors (Lipinski definition) is 4. The molecule has 0 aliphatic heterocycles. The minimum atomic E-state index is -1.00. The molecule has 1 aromatic carbocycles. The summed E-state index contributed by atoms with van der Waals surface area (Å²) >= 11 is 0. The third-order valence-electron chi connectivity index (χ3n) is 6.97. The average Bonchev–Trinajstić information content (AvgIpc) is 3.86. The highest BCUT2D eigenvalue weighted by molar-refractivity contribution is 5.92. The molecule has 4 N–H and O–H groups in total. The molecule has 0 spiro atoms. The molecule has 2 aliphatic carbocycles. The number of alkyl carbamates (subject to hydrolysis) is 1. The summed E-state index contributed by atoms with van der Waals surface area (Å²) in [7, 11) is 1.36. The van der Waals surface area contributed by atoms with Gasteiger partial charge in [-0.3, -0.25) is 4.79 Å². The third kappa shape index (κ3) is 7.52. The van der Waals surface area contributed by atoms with Crippen LogP contribution in [0.15, 0.2) is 54.2 Å². The van der Waals surface area contributed by atoms with E-state index in [1.165, 1.54) is 7.11 Å². The molecule has 2 saturated carbocycles. The van der Waals surface area contributed by atoms with Crippen molar-refractivity contribution < 1.29 is 27.8 Å². The van der Waals surface area contributed by atoms with Crippen molar-refractivity contribution in [2.24, 2.45) is 17.8 Å². The summed E-state index contributed by atoms with van der Waals surface area (Å²) in [5, 5.41) is 15.4. The van der Waals surface area contributed by atoms with Crippen LogP contribution in [-0.4, -0.2) is 36.4 Å². The summed E-state index contributed by atoms with van der Waals surface area (Å²) in [5.41, 5.74) is 0.632. The van der Waals surface area contributed by atoms with E-state index in [0.29, 0.717) is 6.21 Å². The van der Waals surface area contributed by atoms with E-state index in [-0.39, 0.29) is 35.8 Å². The molecule has 0 radical (unpaired) electrons. The van der Waals surface area contributed by atoms with Crippen molar-refractivity contribution in [1.29, 1.82) is 5.41 Å². The number of methoxy groups -OCH3 is 1. The lowest BCUT2D eigenvalue weighted by Gasteiger charge is -2.27. The van der Waals surface area contributed by atoms with Gasteiger partial charge in [0.1, 0.15) is 24.2 Å². The Balaban J connectivity index is 1.47. The van der Waals surface area contributed by atoms with Crippen LogP contribution in [0.5, 0.6) is 5.88 Å². The Bertz CT molecular complexity index is 1210. The van der Waals surface area contributed by atoms with Crippen LogP contribution < -0.4 is 20.7 Å². The van der Waals surface area contributed by atoms with Crippen LogP contribution in [0.3, 0.4) is 0 Å². The molecule has 1 heterocycles. The van der Waals surface area contributed by atoms with E-state index in [1.54, 1.807) is 6.92 Å². The summed E-state index contributed by atoms with van der Waals surface area (Å²) < 4.78 is 39.4. The molecule has 2 atom stereocenters. The number of halogens is 2. The van der Waals surface area contributed by atoms with Gasteiger partial charge in [-0.05, 0) is 62.0 Å². The summed E-state index contributed by atoms with van der Waals surface area (Å²) in [4.78, 5) is 30.0. The zero-order valence-corrected chi connectivity index (χ0v) is 21.9. The molecule has 11 heteroatoms. The highest BCUT2D eigenvalue weighted by Crippen LogP contribution is 2.50. The SMILES string of the molecule is COc1ncc(F)cc1[C@H](C)N/C(F)=C(\C=N)NC(=O)C(NC(=O)OCc1ccccc1)C(C1CC1)C1CC1. The fourth-order valence-electron chi connectivity index (χ4n) is 4.75. The zero-order valence-electron chi connectivity index (χ0n) is 21.9. The maximum atomic E-state index is 15.2. The van der Waals surface area contributed by atoms with Crippen LogP contribution in [0.4, 0.5) is 13.6 Å². The molecule has 2 aromatic rings. The van der Waals surface area contributed by atoms with E-state index in [0.717, 1.165) is 43.5 Å². The Kier molecular flexibility index (Phi) is 9.11. The number of pyridine rings is 1. The minimum Gasteiger partial charge on any atom is -0.481 e. The normalized spacial score (nSPS) is 16.9. The van der Waals surface area contributed by atoms with Crippen LogP contribution in [0.2, 0.25) is 0 Å². The monoisotopic (exact) mass is 541 g/mol. The number of nitrogens with zero attached hydrogens (tertiary/aromatic N) is 1. The second kappa shape index (κ2) is 12.7. The van der Waals surface area contributed by atoms with Crippen molar-refractivity contribution in [1.82, 2.24) is 20.9 Å². The number of amides is 2. The predicted octanol–water partition coefficient (Wildman–Crippen LogP) is 4.52. The van der Waals surface area contributed by atoms with E-state index in [2.05, 4.69) is 20.9 Å². The van der Waals surface area contributed by atoms with E-state index in [4.69, 9.17) is 14.9 Å². The predicted molar refractivity (Wildman–Crippen MR) is 140 cm³/mol. The van der Waals surface area contributed by atoms with Crippen molar-refractivity contribution in [2.45, 2.75) is 51.3 Å². The first-order valence-electron chi connectivity index (χ1n) is 12.9. The fourth-order valence-corrected chi connectivity index (χ4v) is 4.75. The highest BCUT2D eigenvalue weighted by Gasteiger charge is 2.48. The second-order valence-corrected chi connectivity index (χ2v) is 9.92. The van der Waals surface area contributed by atoms with E-state index >= 15 is 4.39 Å². The molecule has 9 nitrogen and oxygen atoms in total. The summed E-state index contributed by atoms with van der Waals surface area (Å²) in [6, 6.07) is 8.56. The van der Waals surface area contributed by atoms with Gasteiger partial charge in [0.25, 0.3) is 0 Å². The molecule has 2 aliphatic rings. The van der Waals surface area contributed by atoms with Crippen LogP contribution >= 0.6 is 0 Å². The van der Waals surface area contributed by atoms with Crippen LogP contribution in [-0.2, 0) is 16.1 Å². The van der Waals surface area contributed by atoms with Crippen LogP contribution in [0, 0.1) is 29.0 Å². The maximum absolute atomic E-state index is 15.2. The Labute approximate surface area is 225 Å². The Morgan fingerprint density at radius 3 is 2.41 bits per heavy atom. The fraction of sp³-hybridized carbons (Fsp3) is 0.429. The van der Waals surface area contributed by atoms with Gasteiger partial charge in [0.2, 0.25) is 17.7 Å². The number of hydrogen-bond acceptors (Lipinski definition) is 7. The number of ether oxygens (including phenoxy) is 2. The zero-order chi connectivity index (χ0) is 27.9. The van der Waals surface area contributed by atoms with Crippen LogP contribution in [0.25, 0.3) is 0 Å². The van der Waals surface area contributed by atoms with Crippen molar-refractivity contribution in [3.8, 4) is 5.88 Å². The van der Waals surface area contributed by atoms with E-state index < -0.39 is 41.5 Å². The van der Waals surface area contributed by atoms with Gasteiger partial charge in [-0.25, -0.2) is 14.2 Å². The lowest BCUT2D eigenvalue weighted by Crippen LogP contribution is -2.52. The van der Waals surface area contributed by atoms with Crippen molar-refractivity contribution in [3.05, 3.63) is 71.2 Å². The van der Waals surface area contributed by atoms with Crippen molar-refractivity contribution in [3.63, 3.8) is 0 Å². The molecule has 39 heavy (non-hydrogen) atoms. The number of carbonyl (C=O) groups excluding carboxylic acids is 2. The summed E-state index contributed by atoms with van der Waals surface area (Å²) in [6.45, 7) is 1.60. The maximum Gasteiger partial charge on any atom is 0.408 e. The molecule has 1 aromatic heterocycles. The lowest BCUT2D eigenvalue weighted by atomic mass is 9.88. The molecule has 208 valence electrons.